The number of hydrogen-bond donors (Lipinski definition) is 1. The van der Waals surface area contributed by atoms with Crippen LogP contribution >= 0.6 is 27.3 Å². The Morgan fingerprint density at radius 1 is 1.54 bits per heavy atom. The Kier molecular flexibility index (Phi) is 2.26. The average Bonchev–Trinajstić information content (AvgIpc) is 2.53. The Morgan fingerprint density at radius 3 is 3.00 bits per heavy atom. The van der Waals surface area contributed by atoms with Crippen LogP contribution in [0.1, 0.15) is 5.56 Å². The molecule has 4 heteroatoms. The van der Waals surface area contributed by atoms with Gasteiger partial charge in [-0.25, -0.2) is 4.39 Å². The molecule has 0 aliphatic carbocycles. The summed E-state index contributed by atoms with van der Waals surface area (Å²) >= 11 is 4.48. The van der Waals surface area contributed by atoms with Crippen LogP contribution in [0.3, 0.4) is 0 Å². The second-order valence-electron chi connectivity index (χ2n) is 2.66. The third kappa shape index (κ3) is 1.34. The van der Waals surface area contributed by atoms with E-state index in [-0.39, 0.29) is 11.6 Å². The maximum Gasteiger partial charge on any atom is 0.148 e. The van der Waals surface area contributed by atoms with Gasteiger partial charge in [-0.2, -0.15) is 0 Å². The minimum Gasteiger partial charge on any atom is -0.508 e. The van der Waals surface area contributed by atoms with Crippen LogP contribution in [0, 0.1) is 5.82 Å². The number of hydrogen-bond acceptors (Lipinski definition) is 2. The van der Waals surface area contributed by atoms with Crippen molar-refractivity contribution in [2.24, 2.45) is 0 Å². The fraction of sp³-hybridized carbons (Fsp3) is 0.111. The Balaban J connectivity index is 2.85. The first-order chi connectivity index (χ1) is 6.24. The van der Waals surface area contributed by atoms with Gasteiger partial charge in [0.15, 0.2) is 0 Å². The van der Waals surface area contributed by atoms with Gasteiger partial charge in [0.25, 0.3) is 0 Å². The van der Waals surface area contributed by atoms with Crippen LogP contribution in [-0.2, 0) is 5.33 Å². The van der Waals surface area contributed by atoms with Crippen molar-refractivity contribution in [1.29, 1.82) is 0 Å². The molecule has 0 atom stereocenters. The minimum absolute atomic E-state index is 0.0141. The first-order valence-electron chi connectivity index (χ1n) is 3.67. The van der Waals surface area contributed by atoms with Crippen molar-refractivity contribution >= 4 is 37.4 Å². The number of phenolic OH excluding ortho intramolecular Hbond substituents is 1. The predicted molar refractivity (Wildman–Crippen MR) is 56.1 cm³/mol. The van der Waals surface area contributed by atoms with E-state index in [9.17, 15) is 9.50 Å². The highest BCUT2D eigenvalue weighted by atomic mass is 79.9. The molecule has 0 aliphatic rings. The summed E-state index contributed by atoms with van der Waals surface area (Å²) in [5, 5.41) is 12.3. The molecule has 1 N–H and O–H groups in total. The number of halogens is 2. The number of fused-ring (bicyclic) bond motifs is 1. The van der Waals surface area contributed by atoms with Crippen molar-refractivity contribution in [3.63, 3.8) is 0 Å². The molecule has 0 radical (unpaired) electrons. The molecule has 0 fully saturated rings. The fourth-order valence-corrected chi connectivity index (χ4v) is 2.60. The summed E-state index contributed by atoms with van der Waals surface area (Å²) in [6, 6.07) is 3.38. The first kappa shape index (κ1) is 8.97. The van der Waals surface area contributed by atoms with E-state index in [4.69, 9.17) is 0 Å². The summed E-state index contributed by atoms with van der Waals surface area (Å²) in [4.78, 5) is 0. The van der Waals surface area contributed by atoms with E-state index < -0.39 is 0 Å². The molecule has 0 saturated carbocycles. The zero-order valence-electron chi connectivity index (χ0n) is 6.55. The Bertz CT molecular complexity index is 452. The van der Waals surface area contributed by atoms with Gasteiger partial charge in [-0.05, 0) is 22.9 Å². The van der Waals surface area contributed by atoms with Gasteiger partial charge in [-0.15, -0.1) is 11.3 Å². The van der Waals surface area contributed by atoms with Crippen molar-refractivity contribution in [3.05, 3.63) is 28.9 Å². The van der Waals surface area contributed by atoms with E-state index in [1.54, 1.807) is 12.1 Å². The molecule has 68 valence electrons. The molecule has 0 amide bonds. The summed E-state index contributed by atoms with van der Waals surface area (Å²) in [7, 11) is 0. The highest BCUT2D eigenvalue weighted by molar-refractivity contribution is 9.08. The van der Waals surface area contributed by atoms with Crippen LogP contribution < -0.4 is 0 Å². The zero-order chi connectivity index (χ0) is 9.42. The normalized spacial score (nSPS) is 10.9. The number of benzene rings is 1. The van der Waals surface area contributed by atoms with Crippen LogP contribution in [0.5, 0.6) is 5.75 Å². The SMILES string of the molecule is Oc1cc2ccsc2c(F)c1CBr. The Labute approximate surface area is 86.9 Å². The molecule has 2 rings (SSSR count). The Morgan fingerprint density at radius 2 is 2.31 bits per heavy atom. The second kappa shape index (κ2) is 3.27. The molecule has 1 nitrogen and oxygen atoms in total. The summed E-state index contributed by atoms with van der Waals surface area (Å²) in [6.07, 6.45) is 0. The van der Waals surface area contributed by atoms with Crippen molar-refractivity contribution < 1.29 is 9.50 Å². The van der Waals surface area contributed by atoms with Crippen molar-refractivity contribution in [2.75, 3.05) is 0 Å². The zero-order valence-corrected chi connectivity index (χ0v) is 8.95. The summed E-state index contributed by atoms with van der Waals surface area (Å²) < 4.78 is 14.2. The van der Waals surface area contributed by atoms with E-state index in [0.29, 0.717) is 15.6 Å². The molecule has 0 unspecified atom stereocenters. The van der Waals surface area contributed by atoms with E-state index in [1.807, 2.05) is 5.38 Å². The van der Waals surface area contributed by atoms with Gasteiger partial charge in [0.05, 0.1) is 4.70 Å². The lowest BCUT2D eigenvalue weighted by atomic mass is 10.1. The molecule has 2 aromatic rings. The van der Waals surface area contributed by atoms with Gasteiger partial charge in [0.1, 0.15) is 11.6 Å². The first-order valence-corrected chi connectivity index (χ1v) is 5.67. The van der Waals surface area contributed by atoms with Gasteiger partial charge in [-0.3, -0.25) is 0 Å². The summed E-state index contributed by atoms with van der Waals surface area (Å²) in [5.74, 6) is -0.304. The quantitative estimate of drug-likeness (QED) is 0.777. The standard InChI is InChI=1S/C9H6BrFOS/c10-4-6-7(12)3-5-1-2-13-9(5)8(6)11/h1-3,12H,4H2. The van der Waals surface area contributed by atoms with Crippen molar-refractivity contribution in [3.8, 4) is 5.75 Å². The van der Waals surface area contributed by atoms with Gasteiger partial charge < -0.3 is 5.11 Å². The van der Waals surface area contributed by atoms with Crippen molar-refractivity contribution in [2.45, 2.75) is 5.33 Å². The summed E-state index contributed by atoms with van der Waals surface area (Å²) in [5.41, 5.74) is 0.329. The molecule has 0 spiro atoms. The molecule has 0 saturated heterocycles. The molecule has 0 aliphatic heterocycles. The van der Waals surface area contributed by atoms with Crippen LogP contribution in [0.15, 0.2) is 17.5 Å². The largest absolute Gasteiger partial charge is 0.508 e. The van der Waals surface area contributed by atoms with E-state index >= 15 is 0 Å². The second-order valence-corrected chi connectivity index (χ2v) is 4.14. The molecule has 1 heterocycles. The molecule has 13 heavy (non-hydrogen) atoms. The van der Waals surface area contributed by atoms with Crippen LogP contribution in [0.4, 0.5) is 4.39 Å². The summed E-state index contributed by atoms with van der Waals surface area (Å²) in [6.45, 7) is 0. The maximum atomic E-state index is 13.6. The highest BCUT2D eigenvalue weighted by Crippen LogP contribution is 2.33. The predicted octanol–water partition coefficient (Wildman–Crippen LogP) is 3.64. The fourth-order valence-electron chi connectivity index (χ4n) is 1.22. The van der Waals surface area contributed by atoms with Gasteiger partial charge in [0.2, 0.25) is 0 Å². The van der Waals surface area contributed by atoms with Crippen molar-refractivity contribution in [1.82, 2.24) is 0 Å². The molecule has 1 aromatic carbocycles. The van der Waals surface area contributed by atoms with Gasteiger partial charge >= 0.3 is 0 Å². The molecule has 1 aromatic heterocycles. The molecule has 0 bridgehead atoms. The third-order valence-corrected chi connectivity index (χ3v) is 3.38. The third-order valence-electron chi connectivity index (χ3n) is 1.90. The number of aromatic hydroxyl groups is 1. The molecular formula is C9H6BrFOS. The average molecular weight is 261 g/mol. The number of phenols is 1. The lowest BCUT2D eigenvalue weighted by Crippen LogP contribution is -1.86. The highest BCUT2D eigenvalue weighted by Gasteiger charge is 2.12. The number of rotatable bonds is 1. The topological polar surface area (TPSA) is 20.2 Å². The van der Waals surface area contributed by atoms with E-state index in [1.165, 1.54) is 11.3 Å². The Hall–Kier alpha value is -0.610. The van der Waals surface area contributed by atoms with Crippen LogP contribution in [0.25, 0.3) is 10.1 Å². The van der Waals surface area contributed by atoms with Crippen LogP contribution in [0.2, 0.25) is 0 Å². The van der Waals surface area contributed by atoms with Gasteiger partial charge in [-0.1, -0.05) is 15.9 Å². The maximum absolute atomic E-state index is 13.6. The lowest BCUT2D eigenvalue weighted by Gasteiger charge is -2.02. The van der Waals surface area contributed by atoms with E-state index in [0.717, 1.165) is 5.39 Å². The lowest BCUT2D eigenvalue weighted by molar-refractivity contribution is 0.465. The smallest absolute Gasteiger partial charge is 0.148 e. The number of alkyl halides is 1. The minimum atomic E-state index is -0.318. The monoisotopic (exact) mass is 260 g/mol. The van der Waals surface area contributed by atoms with Gasteiger partial charge in [0, 0.05) is 10.9 Å². The number of thiophene rings is 1. The molecular weight excluding hydrogens is 255 g/mol. The van der Waals surface area contributed by atoms with Crippen LogP contribution in [-0.4, -0.2) is 5.11 Å². The van der Waals surface area contributed by atoms with E-state index in [2.05, 4.69) is 15.9 Å².